The number of imidazole rings is 1. The van der Waals surface area contributed by atoms with Crippen LogP contribution in [0.25, 0.3) is 11.5 Å². The van der Waals surface area contributed by atoms with Crippen molar-refractivity contribution in [3.8, 4) is 17.4 Å². The van der Waals surface area contributed by atoms with E-state index in [1.54, 1.807) is 44.1 Å². The van der Waals surface area contributed by atoms with Crippen molar-refractivity contribution in [2.24, 2.45) is 7.05 Å². The van der Waals surface area contributed by atoms with Gasteiger partial charge >= 0.3 is 0 Å². The molecule has 1 aliphatic carbocycles. The Balaban J connectivity index is 2.19. The minimum absolute atomic E-state index is 0.0390. The Morgan fingerprint density at radius 1 is 1.32 bits per heavy atom. The summed E-state index contributed by atoms with van der Waals surface area (Å²) in [5, 5.41) is 0. The van der Waals surface area contributed by atoms with Crippen LogP contribution in [0.5, 0.6) is 5.88 Å². The molecule has 0 unspecified atom stereocenters. The highest BCUT2D eigenvalue weighted by Crippen LogP contribution is 2.41. The summed E-state index contributed by atoms with van der Waals surface area (Å²) in [6, 6.07) is 1.76. The lowest BCUT2D eigenvalue weighted by Gasteiger charge is -2.11. The second-order valence-corrected chi connectivity index (χ2v) is 7.72. The van der Waals surface area contributed by atoms with E-state index in [0.29, 0.717) is 23.3 Å². The van der Waals surface area contributed by atoms with Crippen molar-refractivity contribution in [2.45, 2.75) is 30.6 Å². The summed E-state index contributed by atoms with van der Waals surface area (Å²) in [7, 11) is -0.0486. The number of aromatic nitrogens is 3. The van der Waals surface area contributed by atoms with Crippen LogP contribution in [0.2, 0.25) is 0 Å². The monoisotopic (exact) mass is 321 g/mol. The Morgan fingerprint density at radius 3 is 2.59 bits per heavy atom. The third-order valence-corrected chi connectivity index (χ3v) is 5.75. The van der Waals surface area contributed by atoms with Crippen LogP contribution in [-0.4, -0.2) is 35.8 Å². The lowest BCUT2D eigenvalue weighted by atomic mass is 10.2. The molecule has 2 aromatic rings. The quantitative estimate of drug-likeness (QED) is 0.843. The maximum Gasteiger partial charge on any atom is 0.213 e. The standard InChI is InChI=1S/C15H19N3O3S/c1-4-22(19,20)12-7-11(10-5-6-10)8-16-14(12)15-17-9-13(21-3)18(15)2/h7-10H,4-6H2,1-3H3. The number of ether oxygens (including phenoxy) is 1. The molecule has 3 rings (SSSR count). The predicted octanol–water partition coefficient (Wildman–Crippen LogP) is 2.16. The molecule has 22 heavy (non-hydrogen) atoms. The zero-order valence-corrected chi connectivity index (χ0v) is 13.7. The first-order valence-corrected chi connectivity index (χ1v) is 8.92. The van der Waals surface area contributed by atoms with Gasteiger partial charge in [-0.05, 0) is 30.4 Å². The summed E-state index contributed by atoms with van der Waals surface area (Å²) < 4.78 is 31.8. The summed E-state index contributed by atoms with van der Waals surface area (Å²) in [6.45, 7) is 1.64. The SMILES string of the molecule is CCS(=O)(=O)c1cc(C2CC2)cnc1-c1ncc(OC)n1C. The van der Waals surface area contributed by atoms with Crippen molar-refractivity contribution in [3.05, 3.63) is 24.0 Å². The first-order chi connectivity index (χ1) is 10.5. The van der Waals surface area contributed by atoms with Gasteiger partial charge in [-0.2, -0.15) is 0 Å². The Labute approximate surface area is 130 Å². The van der Waals surface area contributed by atoms with Crippen molar-refractivity contribution >= 4 is 9.84 Å². The van der Waals surface area contributed by atoms with Crippen molar-refractivity contribution < 1.29 is 13.2 Å². The fraction of sp³-hybridized carbons (Fsp3) is 0.467. The molecular formula is C15H19N3O3S. The molecule has 0 saturated heterocycles. The van der Waals surface area contributed by atoms with Crippen molar-refractivity contribution in [3.63, 3.8) is 0 Å². The number of pyridine rings is 1. The van der Waals surface area contributed by atoms with Crippen LogP contribution >= 0.6 is 0 Å². The molecule has 0 spiro atoms. The number of hydrogen-bond acceptors (Lipinski definition) is 5. The Hall–Kier alpha value is -1.89. The van der Waals surface area contributed by atoms with Crippen LogP contribution in [0.3, 0.4) is 0 Å². The third-order valence-electron chi connectivity index (χ3n) is 4.00. The maximum atomic E-state index is 12.5. The van der Waals surface area contributed by atoms with Crippen LogP contribution in [-0.2, 0) is 16.9 Å². The topological polar surface area (TPSA) is 74.1 Å². The predicted molar refractivity (Wildman–Crippen MR) is 82.7 cm³/mol. The number of hydrogen-bond donors (Lipinski definition) is 0. The summed E-state index contributed by atoms with van der Waals surface area (Å²) in [5.74, 6) is 1.54. The lowest BCUT2D eigenvalue weighted by molar-refractivity contribution is 0.383. The van der Waals surface area contributed by atoms with Gasteiger partial charge in [0.2, 0.25) is 5.88 Å². The van der Waals surface area contributed by atoms with Gasteiger partial charge in [-0.25, -0.2) is 13.4 Å². The molecular weight excluding hydrogens is 302 g/mol. The van der Waals surface area contributed by atoms with Gasteiger partial charge in [0.05, 0.1) is 24.0 Å². The molecule has 1 saturated carbocycles. The zero-order valence-electron chi connectivity index (χ0n) is 12.9. The van der Waals surface area contributed by atoms with Gasteiger partial charge in [0.1, 0.15) is 5.69 Å². The molecule has 0 N–H and O–H groups in total. The molecule has 0 radical (unpaired) electrons. The van der Waals surface area contributed by atoms with Gasteiger partial charge in [-0.3, -0.25) is 9.55 Å². The Bertz CT molecular complexity index is 807. The number of methoxy groups -OCH3 is 1. The maximum absolute atomic E-state index is 12.5. The molecule has 2 heterocycles. The molecule has 0 aromatic carbocycles. The first-order valence-electron chi connectivity index (χ1n) is 7.26. The highest BCUT2D eigenvalue weighted by Gasteiger charge is 2.28. The minimum Gasteiger partial charge on any atom is -0.481 e. The van der Waals surface area contributed by atoms with E-state index in [9.17, 15) is 8.42 Å². The highest BCUT2D eigenvalue weighted by atomic mass is 32.2. The second kappa shape index (κ2) is 5.39. The highest BCUT2D eigenvalue weighted by molar-refractivity contribution is 7.91. The lowest BCUT2D eigenvalue weighted by Crippen LogP contribution is -2.09. The average molecular weight is 321 g/mol. The minimum atomic E-state index is -3.38. The largest absolute Gasteiger partial charge is 0.481 e. The third kappa shape index (κ3) is 2.49. The van der Waals surface area contributed by atoms with E-state index in [0.717, 1.165) is 18.4 Å². The zero-order chi connectivity index (χ0) is 15.9. The molecule has 7 heteroatoms. The van der Waals surface area contributed by atoms with Crippen LogP contribution < -0.4 is 4.74 Å². The summed E-state index contributed by atoms with van der Waals surface area (Å²) in [6.07, 6.45) is 5.53. The summed E-state index contributed by atoms with van der Waals surface area (Å²) in [4.78, 5) is 8.94. The number of nitrogens with zero attached hydrogens (tertiary/aromatic N) is 3. The molecule has 0 bridgehead atoms. The van der Waals surface area contributed by atoms with Crippen LogP contribution in [0, 0.1) is 0 Å². The summed E-state index contributed by atoms with van der Waals surface area (Å²) in [5.41, 5.74) is 1.38. The van der Waals surface area contributed by atoms with Crippen LogP contribution in [0.1, 0.15) is 31.2 Å². The van der Waals surface area contributed by atoms with E-state index < -0.39 is 9.84 Å². The van der Waals surface area contributed by atoms with E-state index in [2.05, 4.69) is 9.97 Å². The van der Waals surface area contributed by atoms with Crippen molar-refractivity contribution in [1.82, 2.24) is 14.5 Å². The van der Waals surface area contributed by atoms with Crippen molar-refractivity contribution in [2.75, 3.05) is 12.9 Å². The van der Waals surface area contributed by atoms with E-state index >= 15 is 0 Å². The second-order valence-electron chi connectivity index (χ2n) is 5.48. The molecule has 1 fully saturated rings. The van der Waals surface area contributed by atoms with Crippen molar-refractivity contribution in [1.29, 1.82) is 0 Å². The van der Waals surface area contributed by atoms with Gasteiger partial charge in [-0.15, -0.1) is 0 Å². The smallest absolute Gasteiger partial charge is 0.213 e. The molecule has 6 nitrogen and oxygen atoms in total. The number of sulfone groups is 1. The molecule has 0 atom stereocenters. The van der Waals surface area contributed by atoms with Gasteiger partial charge in [-0.1, -0.05) is 6.92 Å². The number of rotatable bonds is 5. The van der Waals surface area contributed by atoms with E-state index in [1.807, 2.05) is 0 Å². The molecule has 118 valence electrons. The van der Waals surface area contributed by atoms with Gasteiger partial charge in [0.15, 0.2) is 15.7 Å². The van der Waals surface area contributed by atoms with Gasteiger partial charge in [0.25, 0.3) is 0 Å². The van der Waals surface area contributed by atoms with E-state index in [1.165, 1.54) is 0 Å². The van der Waals surface area contributed by atoms with Gasteiger partial charge in [0, 0.05) is 13.2 Å². The molecule has 0 amide bonds. The molecule has 0 aliphatic heterocycles. The van der Waals surface area contributed by atoms with E-state index in [-0.39, 0.29) is 10.6 Å². The van der Waals surface area contributed by atoms with Crippen LogP contribution in [0.4, 0.5) is 0 Å². The Kier molecular flexibility index (Phi) is 3.68. The van der Waals surface area contributed by atoms with Gasteiger partial charge < -0.3 is 4.74 Å². The summed E-state index contributed by atoms with van der Waals surface area (Å²) >= 11 is 0. The first kappa shape index (κ1) is 15.0. The van der Waals surface area contributed by atoms with Crippen LogP contribution in [0.15, 0.2) is 23.4 Å². The Morgan fingerprint density at radius 2 is 2.05 bits per heavy atom. The van der Waals surface area contributed by atoms with E-state index in [4.69, 9.17) is 4.74 Å². The fourth-order valence-electron chi connectivity index (χ4n) is 2.46. The normalized spacial score (nSPS) is 15.0. The fourth-order valence-corrected chi connectivity index (χ4v) is 3.53. The average Bonchev–Trinajstić information content (AvgIpc) is 3.30. The molecule has 2 aromatic heterocycles. The molecule has 1 aliphatic rings.